The Hall–Kier alpha value is -2.08. The standard InChI is InChI=1S/C20H28N4O2/c1-21-19(26)24-13-20(14-24)12-23(10-16-5-3-2-4-6-16)11-17(20)18(25)22-9-15-7-8-15/h2-6,15,17H,7-14H2,1H3,(H,21,26)(H,22,25). The number of carbonyl (C=O) groups excluding carboxylic acids is 2. The third kappa shape index (κ3) is 3.43. The van der Waals surface area contributed by atoms with Crippen molar-refractivity contribution >= 4 is 11.9 Å². The monoisotopic (exact) mass is 356 g/mol. The molecule has 3 aliphatic rings. The normalized spacial score (nSPS) is 24.3. The number of likely N-dealkylation sites (tertiary alicyclic amines) is 2. The van der Waals surface area contributed by atoms with Crippen molar-refractivity contribution in [3.63, 3.8) is 0 Å². The van der Waals surface area contributed by atoms with Crippen molar-refractivity contribution in [3.05, 3.63) is 35.9 Å². The SMILES string of the molecule is CNC(=O)N1CC2(CN(Cc3ccccc3)CC2C(=O)NCC2CC2)C1. The Morgan fingerprint density at radius 1 is 1.15 bits per heavy atom. The Kier molecular flexibility index (Phi) is 4.61. The van der Waals surface area contributed by atoms with E-state index in [0.717, 1.165) is 26.2 Å². The first kappa shape index (κ1) is 17.3. The minimum atomic E-state index is -0.102. The van der Waals surface area contributed by atoms with E-state index in [1.807, 2.05) is 11.0 Å². The van der Waals surface area contributed by atoms with Crippen molar-refractivity contribution in [1.29, 1.82) is 0 Å². The average Bonchev–Trinajstić information content (AvgIpc) is 3.38. The van der Waals surface area contributed by atoms with E-state index in [2.05, 4.69) is 39.8 Å². The molecule has 2 saturated heterocycles. The fourth-order valence-corrected chi connectivity index (χ4v) is 4.42. The molecule has 0 radical (unpaired) electrons. The van der Waals surface area contributed by atoms with Gasteiger partial charge < -0.3 is 15.5 Å². The molecule has 1 spiro atoms. The van der Waals surface area contributed by atoms with Gasteiger partial charge in [0.05, 0.1) is 5.92 Å². The third-order valence-corrected chi connectivity index (χ3v) is 6.06. The maximum atomic E-state index is 12.9. The van der Waals surface area contributed by atoms with Crippen LogP contribution in [-0.4, -0.2) is 61.5 Å². The molecule has 1 aromatic rings. The van der Waals surface area contributed by atoms with E-state index in [-0.39, 0.29) is 23.3 Å². The highest BCUT2D eigenvalue weighted by Crippen LogP contribution is 2.44. The first-order chi connectivity index (χ1) is 12.6. The highest BCUT2D eigenvalue weighted by molar-refractivity contribution is 5.82. The lowest BCUT2D eigenvalue weighted by Crippen LogP contribution is -2.65. The molecule has 2 heterocycles. The van der Waals surface area contributed by atoms with E-state index in [4.69, 9.17) is 0 Å². The Labute approximate surface area is 154 Å². The Morgan fingerprint density at radius 3 is 2.54 bits per heavy atom. The maximum Gasteiger partial charge on any atom is 0.317 e. The fraction of sp³-hybridized carbons (Fsp3) is 0.600. The summed E-state index contributed by atoms with van der Waals surface area (Å²) in [5.41, 5.74) is 1.17. The lowest BCUT2D eigenvalue weighted by molar-refractivity contribution is -0.131. The molecule has 3 amide bonds. The number of amides is 3. The molecule has 140 valence electrons. The zero-order valence-electron chi connectivity index (χ0n) is 15.4. The van der Waals surface area contributed by atoms with Crippen LogP contribution < -0.4 is 10.6 Å². The molecule has 1 aromatic carbocycles. The van der Waals surface area contributed by atoms with Gasteiger partial charge >= 0.3 is 6.03 Å². The van der Waals surface area contributed by atoms with Crippen LogP contribution in [0.1, 0.15) is 18.4 Å². The minimum absolute atomic E-state index is 0.0362. The van der Waals surface area contributed by atoms with Gasteiger partial charge in [-0.05, 0) is 24.3 Å². The molecule has 26 heavy (non-hydrogen) atoms. The van der Waals surface area contributed by atoms with Crippen molar-refractivity contribution < 1.29 is 9.59 Å². The van der Waals surface area contributed by atoms with Crippen molar-refractivity contribution in [2.45, 2.75) is 19.4 Å². The topological polar surface area (TPSA) is 64.7 Å². The predicted octanol–water partition coefficient (Wildman–Crippen LogP) is 1.29. The van der Waals surface area contributed by atoms with Gasteiger partial charge in [-0.3, -0.25) is 9.69 Å². The highest BCUT2D eigenvalue weighted by Gasteiger charge is 2.57. The van der Waals surface area contributed by atoms with Crippen molar-refractivity contribution in [2.75, 3.05) is 39.8 Å². The summed E-state index contributed by atoms with van der Waals surface area (Å²) in [6, 6.07) is 10.3. The van der Waals surface area contributed by atoms with Crippen LogP contribution in [0, 0.1) is 17.3 Å². The van der Waals surface area contributed by atoms with Crippen molar-refractivity contribution in [3.8, 4) is 0 Å². The molecule has 6 nitrogen and oxygen atoms in total. The molecule has 1 atom stereocenters. The van der Waals surface area contributed by atoms with Crippen LogP contribution in [-0.2, 0) is 11.3 Å². The summed E-state index contributed by atoms with van der Waals surface area (Å²) in [6.07, 6.45) is 2.47. The summed E-state index contributed by atoms with van der Waals surface area (Å²) in [5, 5.41) is 5.86. The lowest BCUT2D eigenvalue weighted by Gasteiger charge is -2.50. The highest BCUT2D eigenvalue weighted by atomic mass is 16.2. The molecular weight excluding hydrogens is 328 g/mol. The number of hydrogen-bond donors (Lipinski definition) is 2. The van der Waals surface area contributed by atoms with Gasteiger partial charge in [0.1, 0.15) is 0 Å². The molecule has 6 heteroatoms. The van der Waals surface area contributed by atoms with Crippen LogP contribution in [0.25, 0.3) is 0 Å². The van der Waals surface area contributed by atoms with Crippen LogP contribution in [0.4, 0.5) is 4.79 Å². The van der Waals surface area contributed by atoms with Crippen molar-refractivity contribution in [2.24, 2.45) is 17.3 Å². The van der Waals surface area contributed by atoms with E-state index in [1.165, 1.54) is 18.4 Å². The average molecular weight is 356 g/mol. The van der Waals surface area contributed by atoms with Crippen molar-refractivity contribution in [1.82, 2.24) is 20.4 Å². The summed E-state index contributed by atoms with van der Waals surface area (Å²) in [7, 11) is 1.66. The molecular formula is C20H28N4O2. The van der Waals surface area contributed by atoms with Gasteiger partial charge in [0.25, 0.3) is 0 Å². The van der Waals surface area contributed by atoms with Gasteiger partial charge in [0.15, 0.2) is 0 Å². The molecule has 4 rings (SSSR count). The number of nitrogens with one attached hydrogen (secondary N) is 2. The largest absolute Gasteiger partial charge is 0.356 e. The molecule has 3 fully saturated rings. The Balaban J connectivity index is 1.44. The summed E-state index contributed by atoms with van der Waals surface area (Å²) >= 11 is 0. The number of rotatable bonds is 5. The second-order valence-electron chi connectivity index (χ2n) is 8.17. The third-order valence-electron chi connectivity index (χ3n) is 6.06. The Bertz CT molecular complexity index is 668. The quantitative estimate of drug-likeness (QED) is 0.836. The summed E-state index contributed by atoms with van der Waals surface area (Å²) in [5.74, 6) is 0.815. The van der Waals surface area contributed by atoms with Crippen LogP contribution >= 0.6 is 0 Å². The van der Waals surface area contributed by atoms with E-state index < -0.39 is 0 Å². The number of urea groups is 1. The smallest absolute Gasteiger partial charge is 0.317 e. The predicted molar refractivity (Wildman–Crippen MR) is 99.4 cm³/mol. The zero-order chi connectivity index (χ0) is 18.1. The van der Waals surface area contributed by atoms with Crippen LogP contribution in [0.3, 0.4) is 0 Å². The minimum Gasteiger partial charge on any atom is -0.356 e. The number of nitrogens with zero attached hydrogens (tertiary/aromatic N) is 2. The molecule has 2 aliphatic heterocycles. The molecule has 1 unspecified atom stereocenters. The van der Waals surface area contributed by atoms with E-state index in [1.54, 1.807) is 7.05 Å². The summed E-state index contributed by atoms with van der Waals surface area (Å²) in [4.78, 5) is 29.0. The lowest BCUT2D eigenvalue weighted by atomic mass is 9.71. The fourth-order valence-electron chi connectivity index (χ4n) is 4.42. The van der Waals surface area contributed by atoms with E-state index >= 15 is 0 Å². The Morgan fingerprint density at radius 2 is 1.88 bits per heavy atom. The maximum absolute atomic E-state index is 12.9. The van der Waals surface area contributed by atoms with E-state index in [9.17, 15) is 9.59 Å². The first-order valence-corrected chi connectivity index (χ1v) is 9.60. The molecule has 0 bridgehead atoms. The number of benzene rings is 1. The summed E-state index contributed by atoms with van der Waals surface area (Å²) < 4.78 is 0. The van der Waals surface area contributed by atoms with Crippen LogP contribution in [0.5, 0.6) is 0 Å². The van der Waals surface area contributed by atoms with Crippen LogP contribution in [0.15, 0.2) is 30.3 Å². The van der Waals surface area contributed by atoms with Gasteiger partial charge in [-0.2, -0.15) is 0 Å². The molecule has 1 saturated carbocycles. The van der Waals surface area contributed by atoms with Gasteiger partial charge in [-0.25, -0.2) is 4.79 Å². The molecule has 0 aromatic heterocycles. The van der Waals surface area contributed by atoms with Gasteiger partial charge in [0.2, 0.25) is 5.91 Å². The van der Waals surface area contributed by atoms with Crippen LogP contribution in [0.2, 0.25) is 0 Å². The summed E-state index contributed by atoms with van der Waals surface area (Å²) in [6.45, 7) is 4.64. The second-order valence-corrected chi connectivity index (χ2v) is 8.17. The number of carbonyl (C=O) groups is 2. The van der Waals surface area contributed by atoms with Gasteiger partial charge in [-0.1, -0.05) is 30.3 Å². The van der Waals surface area contributed by atoms with Gasteiger partial charge in [0, 0.05) is 51.7 Å². The first-order valence-electron chi connectivity index (χ1n) is 9.60. The second kappa shape index (κ2) is 6.91. The van der Waals surface area contributed by atoms with E-state index in [0.29, 0.717) is 19.0 Å². The zero-order valence-corrected chi connectivity index (χ0v) is 15.4. The molecule has 2 N–H and O–H groups in total. The molecule has 1 aliphatic carbocycles. The number of hydrogen-bond acceptors (Lipinski definition) is 3. The van der Waals surface area contributed by atoms with Gasteiger partial charge in [-0.15, -0.1) is 0 Å².